The van der Waals surface area contributed by atoms with Crippen LogP contribution in [0.25, 0.3) is 5.69 Å². The van der Waals surface area contributed by atoms with E-state index in [1.165, 1.54) is 12.1 Å². The number of aromatic nitrogens is 2. The maximum absolute atomic E-state index is 12.8. The van der Waals surface area contributed by atoms with Gasteiger partial charge in [-0.3, -0.25) is 9.69 Å². The van der Waals surface area contributed by atoms with Gasteiger partial charge in [0.2, 0.25) is 5.91 Å². The Hall–Kier alpha value is -3.13. The highest BCUT2D eigenvalue weighted by Crippen LogP contribution is 2.29. The summed E-state index contributed by atoms with van der Waals surface area (Å²) in [7, 11) is 0. The van der Waals surface area contributed by atoms with Crippen LogP contribution in [0.3, 0.4) is 0 Å². The van der Waals surface area contributed by atoms with Gasteiger partial charge >= 0.3 is 6.18 Å². The second-order valence-electron chi connectivity index (χ2n) is 8.01. The van der Waals surface area contributed by atoms with Crippen molar-refractivity contribution in [2.24, 2.45) is 0 Å². The molecular formula is C24H25F3N4O. The van der Waals surface area contributed by atoms with Crippen molar-refractivity contribution in [2.75, 3.05) is 26.2 Å². The van der Waals surface area contributed by atoms with E-state index >= 15 is 0 Å². The summed E-state index contributed by atoms with van der Waals surface area (Å²) in [5.74, 6) is 0.0639. The van der Waals surface area contributed by atoms with Gasteiger partial charge in [-0.15, -0.1) is 0 Å². The van der Waals surface area contributed by atoms with Gasteiger partial charge in [0, 0.05) is 38.9 Å². The summed E-state index contributed by atoms with van der Waals surface area (Å²) in [4.78, 5) is 16.9. The van der Waals surface area contributed by atoms with Crippen LogP contribution in [-0.2, 0) is 23.9 Å². The number of alkyl halides is 3. The third kappa shape index (κ3) is 5.56. The molecule has 8 heteroatoms. The Morgan fingerprint density at radius 2 is 1.66 bits per heavy atom. The Kier molecular flexibility index (Phi) is 6.60. The van der Waals surface area contributed by atoms with Crippen LogP contribution in [0, 0.1) is 0 Å². The minimum absolute atomic E-state index is 0.0639. The Morgan fingerprint density at radius 3 is 2.38 bits per heavy atom. The fraction of sp³-hybridized carbons (Fsp3) is 0.333. The van der Waals surface area contributed by atoms with Gasteiger partial charge in [-0.25, -0.2) is 4.68 Å². The molecular weight excluding hydrogens is 417 g/mol. The van der Waals surface area contributed by atoms with Crippen LogP contribution in [0.2, 0.25) is 0 Å². The minimum atomic E-state index is -4.32. The van der Waals surface area contributed by atoms with E-state index in [0.29, 0.717) is 32.6 Å². The van der Waals surface area contributed by atoms with E-state index in [-0.39, 0.29) is 5.91 Å². The number of benzene rings is 2. The molecule has 0 N–H and O–H groups in total. The quantitative estimate of drug-likeness (QED) is 0.596. The van der Waals surface area contributed by atoms with Crippen molar-refractivity contribution in [1.82, 2.24) is 19.6 Å². The Labute approximate surface area is 185 Å². The zero-order chi connectivity index (χ0) is 22.6. The summed E-state index contributed by atoms with van der Waals surface area (Å²) in [5.41, 5.74) is 2.01. The number of nitrogens with zero attached hydrogens (tertiary/aromatic N) is 4. The summed E-state index contributed by atoms with van der Waals surface area (Å²) in [6.07, 6.45) is 0.405. The van der Waals surface area contributed by atoms with Gasteiger partial charge in [-0.05, 0) is 41.8 Å². The molecule has 0 bridgehead atoms. The lowest BCUT2D eigenvalue weighted by molar-refractivity contribution is -0.137. The Morgan fingerprint density at radius 1 is 0.906 bits per heavy atom. The first kappa shape index (κ1) is 22.1. The molecule has 1 fully saturated rings. The monoisotopic (exact) mass is 442 g/mol. The number of carbonyl (C=O) groups is 1. The molecule has 1 aromatic heterocycles. The molecule has 0 spiro atoms. The van der Waals surface area contributed by atoms with Crippen molar-refractivity contribution >= 4 is 5.91 Å². The molecule has 0 radical (unpaired) electrons. The van der Waals surface area contributed by atoms with Gasteiger partial charge < -0.3 is 4.90 Å². The smallest absolute Gasteiger partial charge is 0.341 e. The van der Waals surface area contributed by atoms with Crippen LogP contribution in [-0.4, -0.2) is 51.7 Å². The zero-order valence-corrected chi connectivity index (χ0v) is 17.6. The van der Waals surface area contributed by atoms with Gasteiger partial charge in [-0.2, -0.15) is 18.3 Å². The number of rotatable bonds is 5. The minimum Gasteiger partial charge on any atom is -0.341 e. The highest BCUT2D eigenvalue weighted by molar-refractivity contribution is 5.78. The maximum Gasteiger partial charge on any atom is 0.416 e. The lowest BCUT2D eigenvalue weighted by Gasteiger charge is -2.22. The molecule has 32 heavy (non-hydrogen) atoms. The van der Waals surface area contributed by atoms with Gasteiger partial charge in [-0.1, -0.05) is 30.3 Å². The van der Waals surface area contributed by atoms with Gasteiger partial charge in [0.25, 0.3) is 0 Å². The summed E-state index contributed by atoms with van der Waals surface area (Å²) in [5, 5.41) is 4.35. The first-order valence-electron chi connectivity index (χ1n) is 10.6. The molecule has 4 rings (SSSR count). The second kappa shape index (κ2) is 9.56. The molecule has 5 nitrogen and oxygen atoms in total. The summed E-state index contributed by atoms with van der Waals surface area (Å²) in [6, 6.07) is 15.0. The molecule has 1 saturated heterocycles. The van der Waals surface area contributed by atoms with Gasteiger partial charge in [0.05, 0.1) is 23.9 Å². The van der Waals surface area contributed by atoms with Crippen molar-refractivity contribution in [2.45, 2.75) is 25.6 Å². The van der Waals surface area contributed by atoms with Crippen molar-refractivity contribution in [3.8, 4) is 5.69 Å². The number of hydrogen-bond donors (Lipinski definition) is 0. The molecule has 0 atom stereocenters. The first-order chi connectivity index (χ1) is 15.4. The number of hydrogen-bond acceptors (Lipinski definition) is 3. The van der Waals surface area contributed by atoms with E-state index in [9.17, 15) is 18.0 Å². The van der Waals surface area contributed by atoms with Crippen molar-refractivity contribution in [1.29, 1.82) is 0 Å². The van der Waals surface area contributed by atoms with Crippen molar-refractivity contribution in [3.63, 3.8) is 0 Å². The van der Waals surface area contributed by atoms with E-state index in [1.807, 2.05) is 41.4 Å². The Balaban J connectivity index is 1.30. The average molecular weight is 442 g/mol. The predicted molar refractivity (Wildman–Crippen MR) is 115 cm³/mol. The average Bonchev–Trinajstić information content (AvgIpc) is 3.12. The van der Waals surface area contributed by atoms with Crippen LogP contribution >= 0.6 is 0 Å². The third-order valence-electron chi connectivity index (χ3n) is 5.64. The fourth-order valence-corrected chi connectivity index (χ4v) is 3.90. The van der Waals surface area contributed by atoms with E-state index < -0.39 is 11.7 Å². The lowest BCUT2D eigenvalue weighted by Crippen LogP contribution is -2.36. The molecule has 2 aromatic carbocycles. The molecule has 1 aliphatic heterocycles. The van der Waals surface area contributed by atoms with E-state index in [0.717, 1.165) is 41.9 Å². The number of carbonyl (C=O) groups excluding carboxylic acids is 1. The summed E-state index contributed by atoms with van der Waals surface area (Å²) >= 11 is 0. The molecule has 1 aliphatic rings. The van der Waals surface area contributed by atoms with Crippen molar-refractivity contribution in [3.05, 3.63) is 83.7 Å². The molecule has 0 aliphatic carbocycles. The highest BCUT2D eigenvalue weighted by Gasteiger charge is 2.30. The van der Waals surface area contributed by atoms with E-state index in [2.05, 4.69) is 10.00 Å². The lowest BCUT2D eigenvalue weighted by atomic mass is 10.1. The van der Waals surface area contributed by atoms with E-state index in [4.69, 9.17) is 0 Å². The number of amides is 1. The zero-order valence-electron chi connectivity index (χ0n) is 17.6. The molecule has 1 amide bonds. The summed E-state index contributed by atoms with van der Waals surface area (Å²) < 4.78 is 40.0. The van der Waals surface area contributed by atoms with Crippen LogP contribution in [0.4, 0.5) is 13.2 Å². The Bertz CT molecular complexity index is 1030. The first-order valence-corrected chi connectivity index (χ1v) is 10.6. The van der Waals surface area contributed by atoms with E-state index in [1.54, 1.807) is 10.9 Å². The standard InChI is InChI=1S/C24H25F3N4O/c25-24(26,27)21-9-7-19(8-10-21)17-29-11-4-12-30(14-13-29)23(32)15-20-16-28-31(18-20)22-5-2-1-3-6-22/h1-3,5-10,16,18H,4,11-15,17H2. The van der Waals surface area contributed by atoms with Crippen LogP contribution in [0.15, 0.2) is 67.0 Å². The number of halogens is 3. The second-order valence-corrected chi connectivity index (χ2v) is 8.01. The van der Waals surface area contributed by atoms with Crippen LogP contribution in [0.1, 0.15) is 23.1 Å². The van der Waals surface area contributed by atoms with Gasteiger partial charge in [0.1, 0.15) is 0 Å². The molecule has 0 saturated carbocycles. The van der Waals surface area contributed by atoms with Gasteiger partial charge in [0.15, 0.2) is 0 Å². The molecule has 168 valence electrons. The normalized spacial score (nSPS) is 15.5. The fourth-order valence-electron chi connectivity index (χ4n) is 3.90. The maximum atomic E-state index is 12.8. The predicted octanol–water partition coefficient (Wildman–Crippen LogP) is 4.17. The molecule has 0 unspecified atom stereocenters. The number of para-hydroxylation sites is 1. The SMILES string of the molecule is O=C(Cc1cnn(-c2ccccc2)c1)N1CCCN(Cc2ccc(C(F)(F)F)cc2)CC1. The molecule has 2 heterocycles. The summed E-state index contributed by atoms with van der Waals surface area (Å²) in [6.45, 7) is 3.35. The van der Waals surface area contributed by atoms with Crippen LogP contribution in [0.5, 0.6) is 0 Å². The largest absolute Gasteiger partial charge is 0.416 e. The van der Waals surface area contributed by atoms with Crippen molar-refractivity contribution < 1.29 is 18.0 Å². The highest BCUT2D eigenvalue weighted by atomic mass is 19.4. The molecule has 3 aromatic rings. The van der Waals surface area contributed by atoms with Crippen LogP contribution < -0.4 is 0 Å². The third-order valence-corrected chi connectivity index (χ3v) is 5.64. The topological polar surface area (TPSA) is 41.4 Å².